The molecule has 1 rings (SSSR count). The minimum absolute atomic E-state index is 0.00956. The molecule has 1 N–H and O–H groups in total. The standard InChI is InChI=1S/C13H25NO2/c1-9(2)11-5-7-14(8-6-11)13(16)12(15)10(3)4/h9-12,15H,5-8H2,1-4H3/t12-/m1/s1. The van der Waals surface area contributed by atoms with E-state index in [1.165, 1.54) is 0 Å². The Bertz CT molecular complexity index is 230. The normalized spacial score (nSPS) is 20.6. The fourth-order valence-electron chi connectivity index (χ4n) is 2.26. The van der Waals surface area contributed by atoms with Gasteiger partial charge in [-0.25, -0.2) is 0 Å². The van der Waals surface area contributed by atoms with Crippen LogP contribution in [0.15, 0.2) is 0 Å². The highest BCUT2D eigenvalue weighted by atomic mass is 16.3. The van der Waals surface area contributed by atoms with E-state index in [-0.39, 0.29) is 11.8 Å². The molecule has 3 nitrogen and oxygen atoms in total. The maximum absolute atomic E-state index is 11.9. The molecule has 1 aliphatic rings. The lowest BCUT2D eigenvalue weighted by molar-refractivity contribution is -0.144. The Labute approximate surface area is 98.8 Å². The number of amides is 1. The van der Waals surface area contributed by atoms with E-state index in [0.717, 1.165) is 31.8 Å². The monoisotopic (exact) mass is 227 g/mol. The van der Waals surface area contributed by atoms with Gasteiger partial charge >= 0.3 is 0 Å². The summed E-state index contributed by atoms with van der Waals surface area (Å²) in [6.45, 7) is 9.86. The lowest BCUT2D eigenvalue weighted by Gasteiger charge is -2.35. The van der Waals surface area contributed by atoms with Gasteiger partial charge in [-0.1, -0.05) is 27.7 Å². The van der Waals surface area contributed by atoms with Crippen LogP contribution in [-0.4, -0.2) is 35.1 Å². The first kappa shape index (κ1) is 13.5. The predicted molar refractivity (Wildman–Crippen MR) is 65.0 cm³/mol. The number of carbonyl (C=O) groups is 1. The summed E-state index contributed by atoms with van der Waals surface area (Å²) in [5.41, 5.74) is 0. The second kappa shape index (κ2) is 5.67. The molecule has 16 heavy (non-hydrogen) atoms. The summed E-state index contributed by atoms with van der Waals surface area (Å²) in [5.74, 6) is 1.36. The number of hydrogen-bond acceptors (Lipinski definition) is 2. The molecule has 0 saturated carbocycles. The predicted octanol–water partition coefficient (Wildman–Crippen LogP) is 1.90. The maximum atomic E-state index is 11.9. The van der Waals surface area contributed by atoms with Gasteiger partial charge in [0.1, 0.15) is 6.10 Å². The second-order valence-electron chi connectivity index (χ2n) is 5.60. The molecule has 1 fully saturated rings. The van der Waals surface area contributed by atoms with Crippen molar-refractivity contribution >= 4 is 5.91 Å². The van der Waals surface area contributed by atoms with Crippen molar-refractivity contribution in [1.29, 1.82) is 0 Å². The smallest absolute Gasteiger partial charge is 0.251 e. The zero-order chi connectivity index (χ0) is 12.3. The summed E-state index contributed by atoms with van der Waals surface area (Å²) >= 11 is 0. The van der Waals surface area contributed by atoms with Gasteiger partial charge in [-0.3, -0.25) is 4.79 Å². The number of rotatable bonds is 3. The minimum Gasteiger partial charge on any atom is -0.383 e. The largest absolute Gasteiger partial charge is 0.383 e. The Kier molecular flexibility index (Phi) is 4.78. The Morgan fingerprint density at radius 1 is 1.19 bits per heavy atom. The van der Waals surface area contributed by atoms with Crippen molar-refractivity contribution in [1.82, 2.24) is 4.90 Å². The molecule has 0 aromatic carbocycles. The van der Waals surface area contributed by atoms with Crippen LogP contribution in [0.3, 0.4) is 0 Å². The van der Waals surface area contributed by atoms with Crippen molar-refractivity contribution in [2.24, 2.45) is 17.8 Å². The van der Waals surface area contributed by atoms with Crippen molar-refractivity contribution in [3.05, 3.63) is 0 Å². The van der Waals surface area contributed by atoms with Gasteiger partial charge in [0, 0.05) is 13.1 Å². The highest BCUT2D eigenvalue weighted by molar-refractivity contribution is 5.81. The summed E-state index contributed by atoms with van der Waals surface area (Å²) < 4.78 is 0. The average Bonchev–Trinajstić information content (AvgIpc) is 2.27. The van der Waals surface area contributed by atoms with Gasteiger partial charge in [-0.2, -0.15) is 0 Å². The van der Waals surface area contributed by atoms with Crippen molar-refractivity contribution in [2.75, 3.05) is 13.1 Å². The molecule has 0 spiro atoms. The Balaban J connectivity index is 2.45. The lowest BCUT2D eigenvalue weighted by atomic mass is 9.86. The molecule has 1 amide bonds. The highest BCUT2D eigenvalue weighted by Gasteiger charge is 2.29. The van der Waals surface area contributed by atoms with E-state index in [1.54, 1.807) is 0 Å². The summed E-state index contributed by atoms with van der Waals surface area (Å²) in [5, 5.41) is 9.73. The van der Waals surface area contributed by atoms with E-state index in [9.17, 15) is 9.90 Å². The summed E-state index contributed by atoms with van der Waals surface area (Å²) in [7, 11) is 0. The van der Waals surface area contributed by atoms with Gasteiger partial charge < -0.3 is 10.0 Å². The van der Waals surface area contributed by atoms with Gasteiger partial charge in [-0.05, 0) is 30.6 Å². The van der Waals surface area contributed by atoms with E-state index in [2.05, 4.69) is 13.8 Å². The molecule has 1 aliphatic heterocycles. The van der Waals surface area contributed by atoms with Gasteiger partial charge in [0.25, 0.3) is 5.91 Å². The fraction of sp³-hybridized carbons (Fsp3) is 0.923. The van der Waals surface area contributed by atoms with Crippen LogP contribution in [0.1, 0.15) is 40.5 Å². The van der Waals surface area contributed by atoms with Crippen LogP contribution in [-0.2, 0) is 4.79 Å². The van der Waals surface area contributed by atoms with Crippen LogP contribution in [0, 0.1) is 17.8 Å². The number of aliphatic hydroxyl groups excluding tert-OH is 1. The van der Waals surface area contributed by atoms with Crippen LogP contribution in [0.25, 0.3) is 0 Å². The molecule has 1 atom stereocenters. The summed E-state index contributed by atoms with van der Waals surface area (Å²) in [6.07, 6.45) is 1.33. The first-order chi connectivity index (χ1) is 7.43. The molecule has 0 radical (unpaired) electrons. The minimum atomic E-state index is -0.824. The van der Waals surface area contributed by atoms with Crippen LogP contribution in [0.5, 0.6) is 0 Å². The van der Waals surface area contributed by atoms with Gasteiger partial charge in [0.15, 0.2) is 0 Å². The molecule has 0 bridgehead atoms. The summed E-state index contributed by atoms with van der Waals surface area (Å²) in [4.78, 5) is 13.7. The van der Waals surface area contributed by atoms with E-state index in [4.69, 9.17) is 0 Å². The molecule has 0 aromatic heterocycles. The third kappa shape index (κ3) is 3.21. The Morgan fingerprint density at radius 2 is 1.69 bits per heavy atom. The van der Waals surface area contributed by atoms with E-state index in [1.807, 2.05) is 18.7 Å². The molecule has 94 valence electrons. The molecule has 0 aliphatic carbocycles. The van der Waals surface area contributed by atoms with E-state index >= 15 is 0 Å². The number of nitrogens with zero attached hydrogens (tertiary/aromatic N) is 1. The van der Waals surface area contributed by atoms with E-state index in [0.29, 0.717) is 5.92 Å². The molecule has 0 unspecified atom stereocenters. The number of aliphatic hydroxyl groups is 1. The molecule has 0 aromatic rings. The molecule has 1 heterocycles. The lowest BCUT2D eigenvalue weighted by Crippen LogP contribution is -2.46. The number of piperidine rings is 1. The number of likely N-dealkylation sites (tertiary alicyclic amines) is 1. The van der Waals surface area contributed by atoms with Crippen molar-refractivity contribution in [3.63, 3.8) is 0 Å². The Morgan fingerprint density at radius 3 is 2.06 bits per heavy atom. The van der Waals surface area contributed by atoms with Gasteiger partial charge in [0.05, 0.1) is 0 Å². The van der Waals surface area contributed by atoms with Crippen molar-refractivity contribution in [3.8, 4) is 0 Å². The Hall–Kier alpha value is -0.570. The van der Waals surface area contributed by atoms with Crippen LogP contribution in [0.4, 0.5) is 0 Å². The molecule has 1 saturated heterocycles. The van der Waals surface area contributed by atoms with Gasteiger partial charge in [0.2, 0.25) is 0 Å². The third-order valence-corrected chi connectivity index (χ3v) is 3.68. The number of hydrogen-bond donors (Lipinski definition) is 1. The zero-order valence-electron chi connectivity index (χ0n) is 10.9. The zero-order valence-corrected chi connectivity index (χ0v) is 10.9. The van der Waals surface area contributed by atoms with Crippen molar-refractivity contribution < 1.29 is 9.90 Å². The van der Waals surface area contributed by atoms with Crippen LogP contribution < -0.4 is 0 Å². The number of carbonyl (C=O) groups excluding carboxylic acids is 1. The first-order valence-corrected chi connectivity index (χ1v) is 6.40. The van der Waals surface area contributed by atoms with Crippen molar-refractivity contribution in [2.45, 2.75) is 46.6 Å². The first-order valence-electron chi connectivity index (χ1n) is 6.40. The highest BCUT2D eigenvalue weighted by Crippen LogP contribution is 2.25. The molecular weight excluding hydrogens is 202 g/mol. The molecular formula is C13H25NO2. The average molecular weight is 227 g/mol. The van der Waals surface area contributed by atoms with Gasteiger partial charge in [-0.15, -0.1) is 0 Å². The topological polar surface area (TPSA) is 40.5 Å². The third-order valence-electron chi connectivity index (χ3n) is 3.68. The quantitative estimate of drug-likeness (QED) is 0.800. The summed E-state index contributed by atoms with van der Waals surface area (Å²) in [6, 6.07) is 0. The van der Waals surface area contributed by atoms with Crippen LogP contribution >= 0.6 is 0 Å². The second-order valence-corrected chi connectivity index (χ2v) is 5.60. The fourth-order valence-corrected chi connectivity index (χ4v) is 2.26. The SMILES string of the molecule is CC(C)C1CCN(C(=O)[C@H](O)C(C)C)CC1. The maximum Gasteiger partial charge on any atom is 0.251 e. The molecule has 3 heteroatoms. The van der Waals surface area contributed by atoms with E-state index < -0.39 is 6.10 Å². The van der Waals surface area contributed by atoms with Crippen LogP contribution in [0.2, 0.25) is 0 Å².